The summed E-state index contributed by atoms with van der Waals surface area (Å²) in [4.78, 5) is 0. The van der Waals surface area contributed by atoms with E-state index in [1.807, 2.05) is 11.3 Å². The number of hydrogen-bond donors (Lipinski definition) is 1. The Morgan fingerprint density at radius 1 is 1.35 bits per heavy atom. The summed E-state index contributed by atoms with van der Waals surface area (Å²) in [6, 6.07) is 9.64. The van der Waals surface area contributed by atoms with Crippen molar-refractivity contribution in [3.8, 4) is 0 Å². The molecule has 1 aromatic carbocycles. The number of aryl methyl sites for hydroxylation is 1. The van der Waals surface area contributed by atoms with Crippen LogP contribution in [0.3, 0.4) is 0 Å². The maximum Gasteiger partial charge on any atom is 0.0374 e. The molecule has 2 heteroatoms. The Hall–Kier alpha value is -0.860. The minimum absolute atomic E-state index is 0.727. The summed E-state index contributed by atoms with van der Waals surface area (Å²) >= 11 is 1.88. The second-order valence-corrected chi connectivity index (χ2v) is 5.94. The first-order chi connectivity index (χ1) is 8.38. The molecule has 17 heavy (non-hydrogen) atoms. The Kier molecular flexibility index (Phi) is 3.17. The summed E-state index contributed by atoms with van der Waals surface area (Å²) in [5.74, 6) is 0.947. The van der Waals surface area contributed by atoms with Gasteiger partial charge in [-0.1, -0.05) is 18.2 Å². The average Bonchev–Trinajstić information content (AvgIpc) is 3.07. The van der Waals surface area contributed by atoms with E-state index in [9.17, 15) is 0 Å². The van der Waals surface area contributed by atoms with E-state index in [1.165, 1.54) is 41.3 Å². The van der Waals surface area contributed by atoms with E-state index in [2.05, 4.69) is 42.0 Å². The molecule has 1 nitrogen and oxygen atoms in total. The van der Waals surface area contributed by atoms with Gasteiger partial charge in [-0.05, 0) is 61.0 Å². The third-order valence-electron chi connectivity index (χ3n) is 3.85. The summed E-state index contributed by atoms with van der Waals surface area (Å²) in [7, 11) is 2.11. The Bertz CT molecular complexity index is 498. The molecular weight excluding hydrogens is 226 g/mol. The molecule has 1 aromatic heterocycles. The van der Waals surface area contributed by atoms with Crippen LogP contribution in [-0.4, -0.2) is 13.1 Å². The Morgan fingerprint density at radius 3 is 3.00 bits per heavy atom. The van der Waals surface area contributed by atoms with Crippen LogP contribution in [0.1, 0.15) is 24.8 Å². The highest BCUT2D eigenvalue weighted by Crippen LogP contribution is 2.35. The summed E-state index contributed by atoms with van der Waals surface area (Å²) in [6.45, 7) is 0. The molecule has 1 heterocycles. The minimum atomic E-state index is 0.727. The van der Waals surface area contributed by atoms with Crippen molar-refractivity contribution < 1.29 is 0 Å². The maximum absolute atomic E-state index is 3.48. The molecule has 1 N–H and O–H groups in total. The first-order valence-electron chi connectivity index (χ1n) is 6.51. The Balaban J connectivity index is 1.73. The van der Waals surface area contributed by atoms with Gasteiger partial charge in [0.05, 0.1) is 0 Å². The van der Waals surface area contributed by atoms with E-state index in [1.54, 1.807) is 0 Å². The third kappa shape index (κ3) is 2.38. The summed E-state index contributed by atoms with van der Waals surface area (Å²) in [6.07, 6.45) is 5.33. The lowest BCUT2D eigenvalue weighted by Gasteiger charge is -2.15. The van der Waals surface area contributed by atoms with Crippen molar-refractivity contribution >= 4 is 21.4 Å². The first kappa shape index (κ1) is 11.2. The standard InChI is InChI=1S/C15H19NS/c1-16-14(11-5-6-11)8-7-12-3-2-4-13-9-10-17-15(12)13/h2-4,9-11,14,16H,5-8H2,1H3. The van der Waals surface area contributed by atoms with Gasteiger partial charge >= 0.3 is 0 Å². The predicted octanol–water partition coefficient (Wildman–Crippen LogP) is 3.83. The monoisotopic (exact) mass is 245 g/mol. The molecule has 0 saturated heterocycles. The molecule has 0 aliphatic heterocycles. The van der Waals surface area contributed by atoms with E-state index >= 15 is 0 Å². The third-order valence-corrected chi connectivity index (χ3v) is 4.85. The molecule has 2 aromatic rings. The van der Waals surface area contributed by atoms with Gasteiger partial charge in [-0.3, -0.25) is 0 Å². The van der Waals surface area contributed by atoms with Crippen LogP contribution in [0.2, 0.25) is 0 Å². The molecule has 1 aliphatic rings. The van der Waals surface area contributed by atoms with Crippen LogP contribution in [0, 0.1) is 5.92 Å². The van der Waals surface area contributed by atoms with Crippen LogP contribution in [-0.2, 0) is 6.42 Å². The quantitative estimate of drug-likeness (QED) is 0.844. The van der Waals surface area contributed by atoms with Gasteiger partial charge in [-0.25, -0.2) is 0 Å². The van der Waals surface area contributed by atoms with E-state index in [0.29, 0.717) is 0 Å². The number of fused-ring (bicyclic) bond motifs is 1. The average molecular weight is 245 g/mol. The summed E-state index contributed by atoms with van der Waals surface area (Å²) in [5, 5.41) is 7.08. The molecule has 0 spiro atoms. The number of nitrogens with one attached hydrogen (secondary N) is 1. The summed E-state index contributed by atoms with van der Waals surface area (Å²) < 4.78 is 1.48. The smallest absolute Gasteiger partial charge is 0.0374 e. The van der Waals surface area contributed by atoms with Crippen molar-refractivity contribution in [2.45, 2.75) is 31.7 Å². The lowest BCUT2D eigenvalue weighted by atomic mass is 10.0. The molecule has 0 radical (unpaired) electrons. The highest BCUT2D eigenvalue weighted by molar-refractivity contribution is 7.17. The van der Waals surface area contributed by atoms with Gasteiger partial charge in [-0.2, -0.15) is 0 Å². The second kappa shape index (κ2) is 4.79. The fraction of sp³-hybridized carbons (Fsp3) is 0.467. The predicted molar refractivity (Wildman–Crippen MR) is 75.7 cm³/mol. The van der Waals surface area contributed by atoms with Crippen molar-refractivity contribution in [3.63, 3.8) is 0 Å². The van der Waals surface area contributed by atoms with Crippen LogP contribution in [0.15, 0.2) is 29.6 Å². The van der Waals surface area contributed by atoms with Crippen molar-refractivity contribution in [2.24, 2.45) is 5.92 Å². The van der Waals surface area contributed by atoms with Crippen LogP contribution in [0.4, 0.5) is 0 Å². The zero-order valence-corrected chi connectivity index (χ0v) is 11.1. The highest BCUT2D eigenvalue weighted by atomic mass is 32.1. The van der Waals surface area contributed by atoms with Crippen LogP contribution < -0.4 is 5.32 Å². The number of thiophene rings is 1. The van der Waals surface area contributed by atoms with Crippen LogP contribution >= 0.6 is 11.3 Å². The van der Waals surface area contributed by atoms with E-state index in [4.69, 9.17) is 0 Å². The zero-order chi connectivity index (χ0) is 11.7. The van der Waals surface area contributed by atoms with Crippen molar-refractivity contribution in [1.29, 1.82) is 0 Å². The van der Waals surface area contributed by atoms with Gasteiger partial charge in [0.1, 0.15) is 0 Å². The van der Waals surface area contributed by atoms with E-state index < -0.39 is 0 Å². The molecule has 1 unspecified atom stereocenters. The SMILES string of the molecule is CNC(CCc1cccc2ccsc12)C1CC1. The van der Waals surface area contributed by atoms with Crippen molar-refractivity contribution in [3.05, 3.63) is 35.2 Å². The lowest BCUT2D eigenvalue weighted by molar-refractivity contribution is 0.471. The van der Waals surface area contributed by atoms with Crippen molar-refractivity contribution in [2.75, 3.05) is 7.05 Å². The molecule has 1 saturated carbocycles. The van der Waals surface area contributed by atoms with Gasteiger partial charge in [0.2, 0.25) is 0 Å². The fourth-order valence-electron chi connectivity index (χ4n) is 2.68. The van der Waals surface area contributed by atoms with Gasteiger partial charge < -0.3 is 5.32 Å². The largest absolute Gasteiger partial charge is 0.317 e. The number of benzene rings is 1. The van der Waals surface area contributed by atoms with E-state index in [-0.39, 0.29) is 0 Å². The van der Waals surface area contributed by atoms with Gasteiger partial charge in [-0.15, -0.1) is 11.3 Å². The molecule has 1 aliphatic carbocycles. The Morgan fingerprint density at radius 2 is 2.24 bits per heavy atom. The second-order valence-electron chi connectivity index (χ2n) is 5.03. The Labute approximate surface area is 107 Å². The molecule has 1 fully saturated rings. The van der Waals surface area contributed by atoms with Gasteiger partial charge in [0.25, 0.3) is 0 Å². The lowest BCUT2D eigenvalue weighted by Crippen LogP contribution is -2.27. The first-order valence-corrected chi connectivity index (χ1v) is 7.39. The fourth-order valence-corrected chi connectivity index (χ4v) is 3.62. The van der Waals surface area contributed by atoms with Crippen LogP contribution in [0.5, 0.6) is 0 Å². The summed E-state index contributed by atoms with van der Waals surface area (Å²) in [5.41, 5.74) is 1.53. The molecule has 0 bridgehead atoms. The number of hydrogen-bond acceptors (Lipinski definition) is 2. The number of rotatable bonds is 5. The maximum atomic E-state index is 3.48. The minimum Gasteiger partial charge on any atom is -0.317 e. The van der Waals surface area contributed by atoms with Crippen LogP contribution in [0.25, 0.3) is 10.1 Å². The topological polar surface area (TPSA) is 12.0 Å². The molecule has 90 valence electrons. The molecule has 1 atom stereocenters. The van der Waals surface area contributed by atoms with Crippen molar-refractivity contribution in [1.82, 2.24) is 5.32 Å². The van der Waals surface area contributed by atoms with Gasteiger partial charge in [0.15, 0.2) is 0 Å². The highest BCUT2D eigenvalue weighted by Gasteiger charge is 2.29. The molecule has 3 rings (SSSR count). The normalized spacial score (nSPS) is 17.5. The van der Waals surface area contributed by atoms with Gasteiger partial charge in [0, 0.05) is 10.7 Å². The molecule has 0 amide bonds. The van der Waals surface area contributed by atoms with E-state index in [0.717, 1.165) is 12.0 Å². The molecular formula is C15H19NS. The zero-order valence-electron chi connectivity index (χ0n) is 10.3.